The van der Waals surface area contributed by atoms with E-state index in [1.165, 1.54) is 22.2 Å². The number of rotatable bonds is 5. The summed E-state index contributed by atoms with van der Waals surface area (Å²) in [6, 6.07) is 2.17. The highest BCUT2D eigenvalue weighted by Crippen LogP contribution is 2.25. The van der Waals surface area contributed by atoms with Crippen LogP contribution in [0.4, 0.5) is 0 Å². The quantitative estimate of drug-likeness (QED) is 0.896. The Bertz CT molecular complexity index is 407. The fraction of sp³-hybridized carbons (Fsp3) is 0.615. The van der Waals surface area contributed by atoms with Gasteiger partial charge in [0, 0.05) is 19.5 Å². The predicted molar refractivity (Wildman–Crippen MR) is 76.9 cm³/mol. The second kappa shape index (κ2) is 6.68. The zero-order valence-corrected chi connectivity index (χ0v) is 12.7. The number of carboxylic acids is 1. The van der Waals surface area contributed by atoms with Crippen molar-refractivity contribution >= 4 is 33.2 Å². The van der Waals surface area contributed by atoms with E-state index in [9.17, 15) is 4.79 Å². The highest BCUT2D eigenvalue weighted by Gasteiger charge is 2.20. The zero-order chi connectivity index (χ0) is 13.0. The number of carboxylic acid groups (broad SMARTS) is 1. The van der Waals surface area contributed by atoms with Gasteiger partial charge in [-0.25, -0.2) is 0 Å². The summed E-state index contributed by atoms with van der Waals surface area (Å²) in [5.41, 5.74) is 1.35. The first-order valence-electron chi connectivity index (χ1n) is 6.30. The first-order valence-corrected chi connectivity index (χ1v) is 7.98. The van der Waals surface area contributed by atoms with Crippen molar-refractivity contribution in [3.05, 3.63) is 20.8 Å². The molecule has 2 rings (SSSR count). The van der Waals surface area contributed by atoms with Crippen LogP contribution in [0.25, 0.3) is 0 Å². The molecule has 1 aliphatic heterocycles. The van der Waals surface area contributed by atoms with Gasteiger partial charge in [0.2, 0.25) is 0 Å². The summed E-state index contributed by atoms with van der Waals surface area (Å²) in [7, 11) is 0. The topological polar surface area (TPSA) is 40.5 Å². The van der Waals surface area contributed by atoms with Crippen molar-refractivity contribution in [1.82, 2.24) is 4.90 Å². The van der Waals surface area contributed by atoms with Gasteiger partial charge in [0.15, 0.2) is 0 Å². The molecule has 0 bridgehead atoms. The normalized spacial score (nSPS) is 21.1. The van der Waals surface area contributed by atoms with Gasteiger partial charge in [-0.15, -0.1) is 11.3 Å². The molecule has 3 nitrogen and oxygen atoms in total. The molecule has 1 aromatic heterocycles. The first kappa shape index (κ1) is 14.0. The lowest BCUT2D eigenvalue weighted by Crippen LogP contribution is -2.35. The van der Waals surface area contributed by atoms with Crippen LogP contribution in [-0.2, 0) is 11.3 Å². The van der Waals surface area contributed by atoms with Crippen molar-refractivity contribution in [1.29, 1.82) is 0 Å². The standard InChI is InChI=1S/C13H18BrNO2S/c14-12-6-11(9-18-12)8-15-5-1-2-10(7-15)3-4-13(16)17/h6,9-10H,1-5,7-8H2,(H,16,17). The van der Waals surface area contributed by atoms with Gasteiger partial charge in [-0.3, -0.25) is 9.69 Å². The maximum atomic E-state index is 10.6. The Balaban J connectivity index is 1.81. The maximum absolute atomic E-state index is 10.6. The molecule has 1 unspecified atom stereocenters. The number of piperidine rings is 1. The van der Waals surface area contributed by atoms with E-state index in [0.29, 0.717) is 12.3 Å². The first-order chi connectivity index (χ1) is 8.63. The SMILES string of the molecule is O=C(O)CCC1CCCN(Cc2csc(Br)c2)C1. The van der Waals surface area contributed by atoms with Crippen LogP contribution >= 0.6 is 27.3 Å². The monoisotopic (exact) mass is 331 g/mol. The summed E-state index contributed by atoms with van der Waals surface area (Å²) in [6.45, 7) is 3.17. The Morgan fingerprint density at radius 2 is 2.44 bits per heavy atom. The highest BCUT2D eigenvalue weighted by atomic mass is 79.9. The Hall–Kier alpha value is -0.390. The van der Waals surface area contributed by atoms with E-state index in [1.807, 2.05) is 0 Å². The largest absolute Gasteiger partial charge is 0.481 e. The van der Waals surface area contributed by atoms with Crippen molar-refractivity contribution in [2.24, 2.45) is 5.92 Å². The number of likely N-dealkylation sites (tertiary alicyclic amines) is 1. The number of carbonyl (C=O) groups is 1. The predicted octanol–water partition coefficient (Wildman–Crippen LogP) is 3.59. The molecule has 1 N–H and O–H groups in total. The Morgan fingerprint density at radius 3 is 3.11 bits per heavy atom. The van der Waals surface area contributed by atoms with Gasteiger partial charge in [0.1, 0.15) is 0 Å². The van der Waals surface area contributed by atoms with Gasteiger partial charge in [-0.2, -0.15) is 0 Å². The summed E-state index contributed by atoms with van der Waals surface area (Å²) in [6.07, 6.45) is 3.49. The van der Waals surface area contributed by atoms with E-state index in [0.717, 1.165) is 26.1 Å². The van der Waals surface area contributed by atoms with E-state index in [-0.39, 0.29) is 0 Å². The molecule has 0 saturated carbocycles. The number of halogens is 1. The van der Waals surface area contributed by atoms with E-state index < -0.39 is 5.97 Å². The van der Waals surface area contributed by atoms with Crippen LogP contribution < -0.4 is 0 Å². The summed E-state index contributed by atoms with van der Waals surface area (Å²) < 4.78 is 1.18. The Kier molecular flexibility index (Phi) is 5.21. The summed E-state index contributed by atoms with van der Waals surface area (Å²) in [4.78, 5) is 13.0. The Morgan fingerprint density at radius 1 is 1.61 bits per heavy atom. The van der Waals surface area contributed by atoms with Gasteiger partial charge >= 0.3 is 5.97 Å². The maximum Gasteiger partial charge on any atom is 0.303 e. The van der Waals surface area contributed by atoms with Gasteiger partial charge in [0.05, 0.1) is 3.79 Å². The molecular weight excluding hydrogens is 314 g/mol. The molecular formula is C13H18BrNO2S. The molecule has 1 aliphatic rings. The minimum Gasteiger partial charge on any atom is -0.481 e. The Labute approximate surface area is 120 Å². The van der Waals surface area contributed by atoms with Gasteiger partial charge in [0.25, 0.3) is 0 Å². The van der Waals surface area contributed by atoms with E-state index in [4.69, 9.17) is 5.11 Å². The molecule has 1 saturated heterocycles. The average molecular weight is 332 g/mol. The molecule has 0 aliphatic carbocycles. The molecule has 0 radical (unpaired) electrons. The molecule has 18 heavy (non-hydrogen) atoms. The lowest BCUT2D eigenvalue weighted by Gasteiger charge is -2.32. The third-order valence-electron chi connectivity index (χ3n) is 3.40. The van der Waals surface area contributed by atoms with Crippen molar-refractivity contribution in [3.8, 4) is 0 Å². The fourth-order valence-electron chi connectivity index (χ4n) is 2.55. The molecule has 2 heterocycles. The third-order valence-corrected chi connectivity index (χ3v) is 4.95. The van der Waals surface area contributed by atoms with E-state index in [1.54, 1.807) is 11.3 Å². The van der Waals surface area contributed by atoms with Gasteiger partial charge < -0.3 is 5.11 Å². The molecule has 0 aromatic carbocycles. The molecule has 0 amide bonds. The lowest BCUT2D eigenvalue weighted by atomic mass is 9.93. The molecule has 5 heteroatoms. The van der Waals surface area contributed by atoms with Crippen LogP contribution in [0.15, 0.2) is 15.2 Å². The van der Waals surface area contributed by atoms with Gasteiger partial charge in [-0.1, -0.05) is 0 Å². The van der Waals surface area contributed by atoms with Crippen LogP contribution in [-0.4, -0.2) is 29.1 Å². The van der Waals surface area contributed by atoms with Crippen molar-refractivity contribution < 1.29 is 9.90 Å². The van der Waals surface area contributed by atoms with Crippen LogP contribution in [0.2, 0.25) is 0 Å². The lowest BCUT2D eigenvalue weighted by molar-refractivity contribution is -0.137. The number of thiophene rings is 1. The second-order valence-electron chi connectivity index (χ2n) is 4.93. The van der Waals surface area contributed by atoms with E-state index in [2.05, 4.69) is 32.3 Å². The fourth-order valence-corrected chi connectivity index (χ4v) is 3.75. The summed E-state index contributed by atoms with van der Waals surface area (Å²) in [5, 5.41) is 10.9. The molecule has 1 aromatic rings. The van der Waals surface area contributed by atoms with Crippen LogP contribution in [0.3, 0.4) is 0 Å². The van der Waals surface area contributed by atoms with Crippen molar-refractivity contribution in [2.45, 2.75) is 32.2 Å². The number of hydrogen-bond donors (Lipinski definition) is 1. The highest BCUT2D eigenvalue weighted by molar-refractivity contribution is 9.11. The zero-order valence-electron chi connectivity index (χ0n) is 10.3. The van der Waals surface area contributed by atoms with Crippen LogP contribution in [0.5, 0.6) is 0 Å². The minimum atomic E-state index is -0.672. The smallest absolute Gasteiger partial charge is 0.303 e. The molecule has 1 fully saturated rings. The molecule has 1 atom stereocenters. The number of nitrogens with zero attached hydrogens (tertiary/aromatic N) is 1. The van der Waals surface area contributed by atoms with Gasteiger partial charge in [-0.05, 0) is 64.7 Å². The molecule has 100 valence electrons. The summed E-state index contributed by atoms with van der Waals surface area (Å²) >= 11 is 5.20. The molecule has 0 spiro atoms. The third kappa shape index (κ3) is 4.37. The van der Waals surface area contributed by atoms with Crippen molar-refractivity contribution in [2.75, 3.05) is 13.1 Å². The van der Waals surface area contributed by atoms with E-state index >= 15 is 0 Å². The van der Waals surface area contributed by atoms with Crippen molar-refractivity contribution in [3.63, 3.8) is 0 Å². The summed E-state index contributed by atoms with van der Waals surface area (Å²) in [5.74, 6) is -0.120. The number of hydrogen-bond acceptors (Lipinski definition) is 3. The van der Waals surface area contributed by atoms with Crippen LogP contribution in [0, 0.1) is 5.92 Å². The van der Waals surface area contributed by atoms with Crippen LogP contribution in [0.1, 0.15) is 31.2 Å². The number of aliphatic carboxylic acids is 1. The second-order valence-corrected chi connectivity index (χ2v) is 7.23. The minimum absolute atomic E-state index is 0.308. The average Bonchev–Trinajstić information content (AvgIpc) is 2.73.